The van der Waals surface area contributed by atoms with E-state index < -0.39 is 18.1 Å². The van der Waals surface area contributed by atoms with E-state index in [2.05, 4.69) is 22.5 Å². The molecular formula is C39H43F3N4O5. The first-order chi connectivity index (χ1) is 24.4. The molecule has 1 spiro atoms. The topological polar surface area (TPSA) is 100 Å². The van der Waals surface area contributed by atoms with Gasteiger partial charge in [-0.3, -0.25) is 4.79 Å². The lowest BCUT2D eigenvalue weighted by Gasteiger charge is -2.37. The van der Waals surface area contributed by atoms with Gasteiger partial charge in [0.1, 0.15) is 23.9 Å². The van der Waals surface area contributed by atoms with Crippen molar-refractivity contribution in [3.05, 3.63) is 81.3 Å². The number of dihydropyridines is 1. The van der Waals surface area contributed by atoms with Crippen LogP contribution >= 0.6 is 0 Å². The Labute approximate surface area is 295 Å². The van der Waals surface area contributed by atoms with Gasteiger partial charge in [0.2, 0.25) is 0 Å². The average Bonchev–Trinajstić information content (AvgIpc) is 3.34. The number of benzene rings is 2. The molecule has 12 heteroatoms. The SMILES string of the molecule is CCN(c1cc(-c2ccc3c(c2)N(CC(F)(F)F)C(=C=O)C32CCOCC2)cc(C(=O)NCC2=C(C)C=C(C)NC2=C=O)c1C)C1CCOCC1. The summed E-state index contributed by atoms with van der Waals surface area (Å²) in [7, 11) is 0. The van der Waals surface area contributed by atoms with Gasteiger partial charge in [0.15, 0.2) is 5.94 Å². The molecule has 0 bridgehead atoms. The largest absolute Gasteiger partial charge is 0.406 e. The molecule has 4 aliphatic heterocycles. The van der Waals surface area contributed by atoms with Crippen molar-refractivity contribution in [2.75, 3.05) is 55.9 Å². The number of hydrogen-bond donors (Lipinski definition) is 2. The van der Waals surface area contributed by atoms with Gasteiger partial charge in [0.25, 0.3) is 5.91 Å². The molecule has 2 saturated heterocycles. The molecule has 2 N–H and O–H groups in total. The number of hydrogen-bond acceptors (Lipinski definition) is 8. The van der Waals surface area contributed by atoms with E-state index in [9.17, 15) is 27.6 Å². The Morgan fingerprint density at radius 3 is 2.37 bits per heavy atom. The van der Waals surface area contributed by atoms with Crippen LogP contribution in [-0.2, 0) is 24.5 Å². The Kier molecular flexibility index (Phi) is 10.3. The highest BCUT2D eigenvalue weighted by Gasteiger charge is 2.51. The fourth-order valence-electron chi connectivity index (χ4n) is 8.09. The summed E-state index contributed by atoms with van der Waals surface area (Å²) in [6.45, 7) is 8.95. The van der Waals surface area contributed by atoms with Gasteiger partial charge in [-0.05, 0) is 105 Å². The Morgan fingerprint density at radius 1 is 1.02 bits per heavy atom. The highest BCUT2D eigenvalue weighted by Crippen LogP contribution is 2.54. The number of nitrogens with zero attached hydrogens (tertiary/aromatic N) is 2. The minimum atomic E-state index is -4.57. The van der Waals surface area contributed by atoms with E-state index in [4.69, 9.17) is 9.47 Å². The molecule has 4 heterocycles. The first kappa shape index (κ1) is 36.2. The molecular weight excluding hydrogens is 661 g/mol. The number of halogens is 3. The zero-order valence-corrected chi connectivity index (χ0v) is 29.4. The molecule has 0 aromatic heterocycles. The Balaban J connectivity index is 1.46. The average molecular weight is 705 g/mol. The molecule has 51 heavy (non-hydrogen) atoms. The quantitative estimate of drug-likeness (QED) is 0.319. The van der Waals surface area contributed by atoms with E-state index in [1.54, 1.807) is 12.1 Å². The third-order valence-electron chi connectivity index (χ3n) is 10.6. The van der Waals surface area contributed by atoms with Crippen LogP contribution in [-0.4, -0.2) is 76.1 Å². The Bertz CT molecular complexity index is 1880. The fraction of sp³-hybridized carbons (Fsp3) is 0.462. The smallest absolute Gasteiger partial charge is 0.381 e. The minimum absolute atomic E-state index is 0.0211. The van der Waals surface area contributed by atoms with Crippen LogP contribution in [0.15, 0.2) is 64.6 Å². The van der Waals surface area contributed by atoms with Crippen LogP contribution in [0.1, 0.15) is 67.9 Å². The second-order valence-electron chi connectivity index (χ2n) is 13.6. The second-order valence-corrected chi connectivity index (χ2v) is 13.6. The molecule has 9 nitrogen and oxygen atoms in total. The summed E-state index contributed by atoms with van der Waals surface area (Å²) in [6.07, 6.45) is -0.318. The summed E-state index contributed by atoms with van der Waals surface area (Å²) in [4.78, 5) is 41.6. The molecule has 2 aromatic carbocycles. The molecule has 4 aliphatic rings. The van der Waals surface area contributed by atoms with Crippen molar-refractivity contribution in [3.63, 3.8) is 0 Å². The molecule has 0 unspecified atom stereocenters. The van der Waals surface area contributed by atoms with E-state index in [1.807, 2.05) is 56.9 Å². The predicted molar refractivity (Wildman–Crippen MR) is 189 cm³/mol. The minimum Gasteiger partial charge on any atom is -0.381 e. The summed E-state index contributed by atoms with van der Waals surface area (Å²) in [5.74, 6) is 3.46. The number of carbonyl (C=O) groups is 1. The zero-order valence-electron chi connectivity index (χ0n) is 29.4. The van der Waals surface area contributed by atoms with Crippen LogP contribution in [0.3, 0.4) is 0 Å². The maximum Gasteiger partial charge on any atom is 0.406 e. The summed E-state index contributed by atoms with van der Waals surface area (Å²) >= 11 is 0. The first-order valence-electron chi connectivity index (χ1n) is 17.4. The van der Waals surface area contributed by atoms with Crippen molar-refractivity contribution in [1.29, 1.82) is 0 Å². The van der Waals surface area contributed by atoms with E-state index in [1.165, 1.54) is 0 Å². The van der Waals surface area contributed by atoms with Gasteiger partial charge in [-0.15, -0.1) is 0 Å². The van der Waals surface area contributed by atoms with Crippen molar-refractivity contribution < 1.29 is 37.0 Å². The van der Waals surface area contributed by atoms with Crippen molar-refractivity contribution in [2.45, 2.75) is 71.0 Å². The Morgan fingerprint density at radius 2 is 1.73 bits per heavy atom. The van der Waals surface area contributed by atoms with Crippen LogP contribution in [0.2, 0.25) is 0 Å². The van der Waals surface area contributed by atoms with Crippen LogP contribution in [0.5, 0.6) is 0 Å². The van der Waals surface area contributed by atoms with Gasteiger partial charge in [0, 0.05) is 73.8 Å². The summed E-state index contributed by atoms with van der Waals surface area (Å²) in [5.41, 5.74) is 5.78. The number of ether oxygens (including phenoxy) is 2. The van der Waals surface area contributed by atoms with Crippen LogP contribution in [0.25, 0.3) is 11.1 Å². The van der Waals surface area contributed by atoms with Gasteiger partial charge in [-0.25, -0.2) is 9.59 Å². The zero-order chi connectivity index (χ0) is 36.5. The lowest BCUT2D eigenvalue weighted by Crippen LogP contribution is -2.40. The number of rotatable bonds is 8. The third-order valence-corrected chi connectivity index (χ3v) is 10.6. The van der Waals surface area contributed by atoms with Gasteiger partial charge in [0.05, 0.1) is 5.41 Å². The number of amides is 1. The van der Waals surface area contributed by atoms with Crippen molar-refractivity contribution in [2.24, 2.45) is 0 Å². The molecule has 1 amide bonds. The summed E-state index contributed by atoms with van der Waals surface area (Å²) in [6, 6.07) is 9.29. The summed E-state index contributed by atoms with van der Waals surface area (Å²) in [5, 5.41) is 6.00. The number of nitrogens with one attached hydrogen (secondary N) is 2. The van der Waals surface area contributed by atoms with E-state index >= 15 is 0 Å². The third kappa shape index (κ3) is 7.02. The van der Waals surface area contributed by atoms with Gasteiger partial charge >= 0.3 is 6.18 Å². The molecule has 0 aliphatic carbocycles. The molecule has 2 fully saturated rings. The highest BCUT2D eigenvalue weighted by atomic mass is 19.4. The summed E-state index contributed by atoms with van der Waals surface area (Å²) < 4.78 is 53.3. The highest BCUT2D eigenvalue weighted by molar-refractivity contribution is 5.99. The maximum atomic E-state index is 14.1. The molecule has 6 rings (SSSR count). The normalized spacial score (nSPS) is 19.0. The van der Waals surface area contributed by atoms with E-state index in [0.29, 0.717) is 79.3 Å². The molecule has 0 radical (unpaired) electrons. The van der Waals surface area contributed by atoms with E-state index in [0.717, 1.165) is 40.3 Å². The fourth-order valence-corrected chi connectivity index (χ4v) is 8.09. The molecule has 270 valence electrons. The van der Waals surface area contributed by atoms with Gasteiger partial charge in [-0.1, -0.05) is 12.1 Å². The van der Waals surface area contributed by atoms with Crippen molar-refractivity contribution in [1.82, 2.24) is 10.6 Å². The number of carbonyl (C=O) groups excluding carboxylic acids is 3. The second kappa shape index (κ2) is 14.6. The number of anilines is 2. The monoisotopic (exact) mass is 704 g/mol. The van der Waals surface area contributed by atoms with Gasteiger partial charge in [-0.2, -0.15) is 13.2 Å². The van der Waals surface area contributed by atoms with Crippen molar-refractivity contribution in [3.8, 4) is 11.1 Å². The van der Waals surface area contributed by atoms with Crippen LogP contribution < -0.4 is 20.4 Å². The molecule has 0 atom stereocenters. The number of fused-ring (bicyclic) bond motifs is 2. The maximum absolute atomic E-state index is 14.1. The number of alkyl halides is 3. The number of allylic oxidation sites excluding steroid dienone is 4. The first-order valence-corrected chi connectivity index (χ1v) is 17.4. The lowest BCUT2D eigenvalue weighted by molar-refractivity contribution is -0.118. The molecule has 0 saturated carbocycles. The Hall–Kier alpha value is -4.60. The lowest BCUT2D eigenvalue weighted by atomic mass is 9.73. The molecule has 2 aromatic rings. The standard InChI is InChI=1S/C39H43F3N4O5/c1-5-45(29-8-12-50-13-9-29)34-19-28(17-30(26(34)4)37(49)43-20-31-24(2)16-25(3)44-33(31)21-47)27-6-7-32-35(18-27)46(23-39(40,41)42)36(22-48)38(32)10-14-51-15-11-38/h6-7,16-19,29,44H,5,8-15,20,23H2,1-4H3,(H,43,49). The predicted octanol–water partition coefficient (Wildman–Crippen LogP) is 6.08. The van der Waals surface area contributed by atoms with Crippen LogP contribution in [0, 0.1) is 6.92 Å². The van der Waals surface area contributed by atoms with E-state index in [-0.39, 0.29) is 29.9 Å². The van der Waals surface area contributed by atoms with Crippen LogP contribution in [0.4, 0.5) is 24.5 Å². The van der Waals surface area contributed by atoms with Crippen molar-refractivity contribution >= 4 is 29.2 Å². The van der Waals surface area contributed by atoms with Gasteiger partial charge < -0.3 is 29.9 Å².